The van der Waals surface area contributed by atoms with Gasteiger partial charge in [0.05, 0.1) is 6.10 Å². The van der Waals surface area contributed by atoms with Gasteiger partial charge in [-0.25, -0.2) is 0 Å². The van der Waals surface area contributed by atoms with Crippen molar-refractivity contribution >= 4 is 15.9 Å². The summed E-state index contributed by atoms with van der Waals surface area (Å²) in [5.41, 5.74) is 0. The van der Waals surface area contributed by atoms with Crippen LogP contribution in [0.3, 0.4) is 0 Å². The minimum Gasteiger partial charge on any atom is -0.378 e. The first-order chi connectivity index (χ1) is 6.90. The minimum atomic E-state index is 0.562. The standard InChI is InChI=1S/C11H20BrNO/c12-9-10-3-1-6-13(10)7-5-11-4-2-8-14-11/h10-11H,1-9H2. The number of likely N-dealkylation sites (tertiary alicyclic amines) is 1. The van der Waals surface area contributed by atoms with Gasteiger partial charge in [-0.05, 0) is 38.6 Å². The molecule has 0 amide bonds. The Labute approximate surface area is 95.1 Å². The predicted molar refractivity (Wildman–Crippen MR) is 62.0 cm³/mol. The van der Waals surface area contributed by atoms with Gasteiger partial charge in [-0.3, -0.25) is 4.90 Å². The Hall–Kier alpha value is 0.400. The molecule has 0 spiro atoms. The Bertz CT molecular complexity index is 171. The number of ether oxygens (including phenoxy) is 1. The van der Waals surface area contributed by atoms with Crippen molar-refractivity contribution in [1.82, 2.24) is 4.90 Å². The van der Waals surface area contributed by atoms with Crippen molar-refractivity contribution in [2.24, 2.45) is 0 Å². The zero-order chi connectivity index (χ0) is 9.80. The van der Waals surface area contributed by atoms with Gasteiger partial charge in [0.15, 0.2) is 0 Å². The summed E-state index contributed by atoms with van der Waals surface area (Å²) in [6, 6.07) is 0.788. The van der Waals surface area contributed by atoms with Gasteiger partial charge in [0, 0.05) is 24.5 Å². The van der Waals surface area contributed by atoms with E-state index in [4.69, 9.17) is 4.74 Å². The zero-order valence-corrected chi connectivity index (χ0v) is 10.3. The van der Waals surface area contributed by atoms with Crippen LogP contribution in [0.25, 0.3) is 0 Å². The second-order valence-corrected chi connectivity index (χ2v) is 5.06. The molecule has 14 heavy (non-hydrogen) atoms. The number of rotatable bonds is 4. The van der Waals surface area contributed by atoms with E-state index in [1.165, 1.54) is 45.2 Å². The topological polar surface area (TPSA) is 12.5 Å². The largest absolute Gasteiger partial charge is 0.378 e. The molecule has 2 aliphatic heterocycles. The van der Waals surface area contributed by atoms with Crippen LogP contribution in [0.15, 0.2) is 0 Å². The van der Waals surface area contributed by atoms with Crippen molar-refractivity contribution in [3.63, 3.8) is 0 Å². The van der Waals surface area contributed by atoms with Crippen LogP contribution in [0.5, 0.6) is 0 Å². The third-order valence-corrected chi connectivity index (χ3v) is 4.19. The molecule has 0 saturated carbocycles. The van der Waals surface area contributed by atoms with Crippen molar-refractivity contribution in [3.05, 3.63) is 0 Å². The van der Waals surface area contributed by atoms with Crippen LogP contribution in [-0.2, 0) is 4.74 Å². The molecule has 2 rings (SSSR count). The first-order valence-electron chi connectivity index (χ1n) is 5.82. The van der Waals surface area contributed by atoms with Crippen LogP contribution in [-0.4, -0.2) is 42.1 Å². The lowest BCUT2D eigenvalue weighted by Gasteiger charge is -2.23. The highest BCUT2D eigenvalue weighted by Crippen LogP contribution is 2.21. The van der Waals surface area contributed by atoms with Gasteiger partial charge in [0.1, 0.15) is 0 Å². The molecule has 3 heteroatoms. The molecule has 0 aromatic rings. The molecule has 2 saturated heterocycles. The average molecular weight is 262 g/mol. The molecule has 0 radical (unpaired) electrons. The fraction of sp³-hybridized carbons (Fsp3) is 1.00. The Balaban J connectivity index is 1.68. The summed E-state index contributed by atoms with van der Waals surface area (Å²) in [4.78, 5) is 2.62. The molecule has 0 bridgehead atoms. The van der Waals surface area contributed by atoms with Crippen LogP contribution in [0.2, 0.25) is 0 Å². The van der Waals surface area contributed by atoms with Crippen molar-refractivity contribution in [3.8, 4) is 0 Å². The molecule has 0 aromatic heterocycles. The van der Waals surface area contributed by atoms with Gasteiger partial charge in [-0.2, -0.15) is 0 Å². The van der Waals surface area contributed by atoms with Crippen molar-refractivity contribution < 1.29 is 4.74 Å². The summed E-state index contributed by atoms with van der Waals surface area (Å²) in [5, 5.41) is 1.14. The summed E-state index contributed by atoms with van der Waals surface area (Å²) in [5.74, 6) is 0. The molecule has 2 atom stereocenters. The predicted octanol–water partition coefficient (Wildman–Crippen LogP) is 2.41. The lowest BCUT2D eigenvalue weighted by molar-refractivity contribution is 0.0914. The molecule has 0 N–H and O–H groups in total. The number of hydrogen-bond donors (Lipinski definition) is 0. The van der Waals surface area contributed by atoms with Crippen LogP contribution < -0.4 is 0 Å². The molecule has 0 aromatic carbocycles. The molecule has 2 heterocycles. The van der Waals surface area contributed by atoms with Crippen molar-refractivity contribution in [2.75, 3.05) is 25.0 Å². The van der Waals surface area contributed by atoms with Crippen LogP contribution in [0, 0.1) is 0 Å². The Kier molecular flexibility index (Phi) is 4.26. The second-order valence-electron chi connectivity index (χ2n) is 4.41. The molecular weight excluding hydrogens is 242 g/mol. The van der Waals surface area contributed by atoms with E-state index in [9.17, 15) is 0 Å². The van der Waals surface area contributed by atoms with Gasteiger partial charge < -0.3 is 4.74 Å². The Morgan fingerprint density at radius 2 is 2.21 bits per heavy atom. The third-order valence-electron chi connectivity index (χ3n) is 3.44. The lowest BCUT2D eigenvalue weighted by Crippen LogP contribution is -2.33. The van der Waals surface area contributed by atoms with Gasteiger partial charge in [0.25, 0.3) is 0 Å². The average Bonchev–Trinajstić information content (AvgIpc) is 2.85. The first-order valence-corrected chi connectivity index (χ1v) is 6.94. The fourth-order valence-corrected chi connectivity index (χ4v) is 3.28. The van der Waals surface area contributed by atoms with Gasteiger partial charge in [-0.15, -0.1) is 0 Å². The van der Waals surface area contributed by atoms with E-state index in [1.807, 2.05) is 0 Å². The van der Waals surface area contributed by atoms with E-state index >= 15 is 0 Å². The van der Waals surface area contributed by atoms with E-state index in [0.717, 1.165) is 18.0 Å². The summed E-state index contributed by atoms with van der Waals surface area (Å²) in [6.45, 7) is 3.52. The maximum absolute atomic E-state index is 5.64. The Morgan fingerprint density at radius 1 is 1.29 bits per heavy atom. The van der Waals surface area contributed by atoms with Crippen molar-refractivity contribution in [2.45, 2.75) is 44.2 Å². The molecule has 0 aliphatic carbocycles. The number of hydrogen-bond acceptors (Lipinski definition) is 2. The van der Waals surface area contributed by atoms with Crippen molar-refractivity contribution in [1.29, 1.82) is 0 Å². The third kappa shape index (κ3) is 2.71. The first kappa shape index (κ1) is 10.9. The molecule has 2 fully saturated rings. The maximum atomic E-state index is 5.64. The van der Waals surface area contributed by atoms with E-state index < -0.39 is 0 Å². The number of nitrogens with zero attached hydrogens (tertiary/aromatic N) is 1. The van der Waals surface area contributed by atoms with Crippen LogP contribution >= 0.6 is 15.9 Å². The molecular formula is C11H20BrNO. The summed E-state index contributed by atoms with van der Waals surface area (Å²) < 4.78 is 5.64. The van der Waals surface area contributed by atoms with Gasteiger partial charge in [0.2, 0.25) is 0 Å². The molecule has 2 unspecified atom stereocenters. The van der Waals surface area contributed by atoms with E-state index in [-0.39, 0.29) is 0 Å². The molecule has 2 nitrogen and oxygen atoms in total. The molecule has 2 aliphatic rings. The normalized spacial score (nSPS) is 34.1. The number of alkyl halides is 1. The van der Waals surface area contributed by atoms with E-state index in [0.29, 0.717) is 6.10 Å². The fourth-order valence-electron chi connectivity index (χ4n) is 2.55. The summed E-state index contributed by atoms with van der Waals surface area (Å²) in [7, 11) is 0. The van der Waals surface area contributed by atoms with Crippen LogP contribution in [0.4, 0.5) is 0 Å². The van der Waals surface area contributed by atoms with E-state index in [1.54, 1.807) is 0 Å². The van der Waals surface area contributed by atoms with E-state index in [2.05, 4.69) is 20.8 Å². The second kappa shape index (κ2) is 5.47. The quantitative estimate of drug-likeness (QED) is 0.721. The highest BCUT2D eigenvalue weighted by Gasteiger charge is 2.24. The molecule has 82 valence electrons. The maximum Gasteiger partial charge on any atom is 0.0588 e. The summed E-state index contributed by atoms with van der Waals surface area (Å²) >= 11 is 3.60. The SMILES string of the molecule is BrCC1CCCN1CCC1CCCO1. The summed E-state index contributed by atoms with van der Waals surface area (Å²) in [6.07, 6.45) is 7.10. The monoisotopic (exact) mass is 261 g/mol. The lowest BCUT2D eigenvalue weighted by atomic mass is 10.1. The highest BCUT2D eigenvalue weighted by molar-refractivity contribution is 9.09. The smallest absolute Gasteiger partial charge is 0.0588 e. The van der Waals surface area contributed by atoms with Crippen LogP contribution in [0.1, 0.15) is 32.1 Å². The highest BCUT2D eigenvalue weighted by atomic mass is 79.9. The van der Waals surface area contributed by atoms with Gasteiger partial charge >= 0.3 is 0 Å². The zero-order valence-electron chi connectivity index (χ0n) is 8.75. The Morgan fingerprint density at radius 3 is 2.93 bits per heavy atom. The van der Waals surface area contributed by atoms with Gasteiger partial charge in [-0.1, -0.05) is 15.9 Å². The minimum absolute atomic E-state index is 0.562. The number of halogens is 1.